The number of carbonyl (C=O) groups is 1. The third kappa shape index (κ3) is 2.96. The van der Waals surface area contributed by atoms with Crippen molar-refractivity contribution in [2.75, 3.05) is 5.32 Å². The van der Waals surface area contributed by atoms with Crippen molar-refractivity contribution >= 4 is 28.8 Å². The van der Waals surface area contributed by atoms with Crippen LogP contribution in [-0.2, 0) is 4.79 Å². The molecule has 0 saturated carbocycles. The van der Waals surface area contributed by atoms with E-state index < -0.39 is 17.4 Å². The molecule has 0 aliphatic rings. The van der Waals surface area contributed by atoms with E-state index >= 15 is 0 Å². The summed E-state index contributed by atoms with van der Waals surface area (Å²) in [5.41, 5.74) is 5.05. The number of para-hydroxylation sites is 1. The van der Waals surface area contributed by atoms with Gasteiger partial charge in [0.25, 0.3) is 11.9 Å². The Morgan fingerprint density at radius 2 is 1.81 bits per heavy atom. The molecule has 0 radical (unpaired) electrons. The highest BCUT2D eigenvalue weighted by molar-refractivity contribution is 7.81. The molecule has 16 heavy (non-hydrogen) atoms. The lowest BCUT2D eigenvalue weighted by Crippen LogP contribution is -2.26. The number of nitrogens with two attached hydrogens (primary N) is 1. The average molecular weight is 238 g/mol. The van der Waals surface area contributed by atoms with Gasteiger partial charge in [-0.1, -0.05) is 30.4 Å². The van der Waals surface area contributed by atoms with Crippen molar-refractivity contribution in [2.45, 2.75) is 0 Å². The molecule has 0 bridgehead atoms. The largest absolute Gasteiger partial charge is 0.480 e. The van der Waals surface area contributed by atoms with Gasteiger partial charge in [-0.3, -0.25) is 4.79 Å². The third-order valence-corrected chi connectivity index (χ3v) is 2.03. The average Bonchev–Trinajstić information content (AvgIpc) is 2.17. The number of benzene rings is 1. The minimum Gasteiger partial charge on any atom is -0.480 e. The number of nitrogens with one attached hydrogen (secondary N) is 1. The van der Waals surface area contributed by atoms with Crippen LogP contribution in [0.3, 0.4) is 0 Å². The highest BCUT2D eigenvalue weighted by atomic mass is 32.1. The van der Waals surface area contributed by atoms with Crippen LogP contribution in [0, 0.1) is 0 Å². The number of hydrogen-bond acceptors (Lipinski definition) is 4. The first-order valence-corrected chi connectivity index (χ1v) is 4.71. The van der Waals surface area contributed by atoms with Crippen molar-refractivity contribution in [3.8, 4) is 0 Å². The molecule has 1 amide bonds. The number of carbonyl (C=O) groups excluding carboxylic acids is 1. The van der Waals surface area contributed by atoms with E-state index in [1.165, 1.54) is 0 Å². The Morgan fingerprint density at radius 3 is 2.25 bits per heavy atom. The van der Waals surface area contributed by atoms with Gasteiger partial charge in [0, 0.05) is 5.69 Å². The number of rotatable bonds is 3. The third-order valence-electron chi connectivity index (χ3n) is 1.73. The van der Waals surface area contributed by atoms with Crippen LogP contribution < -0.4 is 11.1 Å². The van der Waals surface area contributed by atoms with Gasteiger partial charge >= 0.3 is 0 Å². The number of hydrogen-bond donors (Lipinski definition) is 4. The maximum Gasteiger partial charge on any atom is 0.290 e. The Morgan fingerprint density at radius 1 is 1.25 bits per heavy atom. The molecule has 5 N–H and O–H groups in total. The Balaban J connectivity index is 2.88. The van der Waals surface area contributed by atoms with E-state index in [1.807, 2.05) is 6.07 Å². The van der Waals surface area contributed by atoms with Crippen molar-refractivity contribution in [2.24, 2.45) is 5.73 Å². The highest BCUT2D eigenvalue weighted by Crippen LogP contribution is 2.09. The number of aliphatic hydroxyl groups excluding tert-OH is 1. The highest BCUT2D eigenvalue weighted by Gasteiger charge is 2.17. The molecule has 0 aliphatic heterocycles. The minimum atomic E-state index is -1.19. The van der Waals surface area contributed by atoms with Gasteiger partial charge in [0.1, 0.15) is 4.99 Å². The molecular weight excluding hydrogens is 228 g/mol. The molecule has 0 spiro atoms. The Labute approximate surface area is 97.2 Å². The molecule has 84 valence electrons. The summed E-state index contributed by atoms with van der Waals surface area (Å²) in [5.74, 6) is -2.20. The van der Waals surface area contributed by atoms with Crippen molar-refractivity contribution in [1.82, 2.24) is 0 Å². The normalized spacial score (nSPS) is 9.25. The van der Waals surface area contributed by atoms with Crippen LogP contribution in [0.15, 0.2) is 41.9 Å². The fourth-order valence-corrected chi connectivity index (χ4v) is 1.35. The lowest BCUT2D eigenvalue weighted by atomic mass is 10.2. The number of aliphatic hydroxyl groups is 2. The Hall–Kier alpha value is -2.08. The van der Waals surface area contributed by atoms with Gasteiger partial charge in [0.15, 0.2) is 5.57 Å². The van der Waals surface area contributed by atoms with Crippen molar-refractivity contribution in [3.63, 3.8) is 0 Å². The molecule has 6 heteroatoms. The minimum absolute atomic E-state index is 0.140. The topological polar surface area (TPSA) is 95.6 Å². The van der Waals surface area contributed by atoms with Crippen LogP contribution in [0.2, 0.25) is 0 Å². The molecule has 1 aromatic carbocycles. The molecule has 1 rings (SSSR count). The van der Waals surface area contributed by atoms with Gasteiger partial charge in [-0.15, -0.1) is 0 Å². The first-order valence-electron chi connectivity index (χ1n) is 4.30. The van der Waals surface area contributed by atoms with E-state index in [9.17, 15) is 4.79 Å². The zero-order valence-corrected chi connectivity index (χ0v) is 8.99. The summed E-state index contributed by atoms with van der Waals surface area (Å²) >= 11 is 4.82. The fraction of sp³-hybridized carbons (Fsp3) is 0. The maximum absolute atomic E-state index is 10.9. The summed E-state index contributed by atoms with van der Waals surface area (Å²) in [4.78, 5) is 10.7. The van der Waals surface area contributed by atoms with Gasteiger partial charge in [0.2, 0.25) is 0 Å². The molecule has 0 saturated heterocycles. The number of amides is 1. The van der Waals surface area contributed by atoms with Crippen LogP contribution in [0.25, 0.3) is 0 Å². The van der Waals surface area contributed by atoms with Gasteiger partial charge in [-0.05, 0) is 12.1 Å². The van der Waals surface area contributed by atoms with Crippen molar-refractivity contribution in [1.29, 1.82) is 0 Å². The summed E-state index contributed by atoms with van der Waals surface area (Å²) in [7, 11) is 0. The number of anilines is 1. The number of thiocarbonyl (C=S) groups is 1. The second-order valence-electron chi connectivity index (χ2n) is 2.88. The first kappa shape index (κ1) is 12.0. The molecule has 0 unspecified atom stereocenters. The van der Waals surface area contributed by atoms with Crippen molar-refractivity contribution in [3.05, 3.63) is 41.9 Å². The second kappa shape index (κ2) is 5.13. The Kier molecular flexibility index (Phi) is 3.84. The predicted molar refractivity (Wildman–Crippen MR) is 64.1 cm³/mol. The first-order chi connectivity index (χ1) is 7.52. The summed E-state index contributed by atoms with van der Waals surface area (Å²) < 4.78 is 0. The standard InChI is InChI=1S/C10H10N2O3S/c11-8(13)7(10(14)15)9(16)12-6-4-2-1-3-5-6/h1-5,14-15H,(H2,11,13)(H,12,16). The summed E-state index contributed by atoms with van der Waals surface area (Å²) in [6, 6.07) is 8.75. The van der Waals surface area contributed by atoms with Crippen LogP contribution >= 0.6 is 12.2 Å². The molecule has 0 aromatic heterocycles. The molecule has 0 atom stereocenters. The lowest BCUT2D eigenvalue weighted by Gasteiger charge is -2.08. The molecule has 0 aliphatic carbocycles. The fourth-order valence-electron chi connectivity index (χ4n) is 1.04. The molecule has 0 fully saturated rings. The molecule has 5 nitrogen and oxygen atoms in total. The smallest absolute Gasteiger partial charge is 0.290 e. The maximum atomic E-state index is 10.9. The summed E-state index contributed by atoms with van der Waals surface area (Å²) in [5, 5.41) is 20.3. The van der Waals surface area contributed by atoms with Gasteiger partial charge in [-0.2, -0.15) is 0 Å². The summed E-state index contributed by atoms with van der Waals surface area (Å²) in [6.07, 6.45) is 0. The predicted octanol–water partition coefficient (Wildman–Crippen LogP) is 1.24. The van der Waals surface area contributed by atoms with E-state index in [0.717, 1.165) is 0 Å². The van der Waals surface area contributed by atoms with Crippen LogP contribution in [0.5, 0.6) is 0 Å². The molecule has 1 aromatic rings. The van der Waals surface area contributed by atoms with Gasteiger partial charge < -0.3 is 21.3 Å². The zero-order valence-electron chi connectivity index (χ0n) is 8.18. The van der Waals surface area contributed by atoms with Crippen LogP contribution in [-0.4, -0.2) is 21.1 Å². The van der Waals surface area contributed by atoms with Gasteiger partial charge in [0.05, 0.1) is 0 Å². The van der Waals surface area contributed by atoms with E-state index in [-0.39, 0.29) is 4.99 Å². The zero-order chi connectivity index (χ0) is 12.1. The van der Waals surface area contributed by atoms with Crippen LogP contribution in [0.4, 0.5) is 5.69 Å². The summed E-state index contributed by atoms with van der Waals surface area (Å²) in [6.45, 7) is 0. The lowest BCUT2D eigenvalue weighted by molar-refractivity contribution is -0.114. The van der Waals surface area contributed by atoms with E-state index in [0.29, 0.717) is 5.69 Å². The SMILES string of the molecule is NC(=O)C(C(=S)Nc1ccccc1)=C(O)O. The van der Waals surface area contributed by atoms with E-state index in [2.05, 4.69) is 5.32 Å². The van der Waals surface area contributed by atoms with Crippen molar-refractivity contribution < 1.29 is 15.0 Å². The van der Waals surface area contributed by atoms with Gasteiger partial charge in [-0.25, -0.2) is 0 Å². The monoisotopic (exact) mass is 238 g/mol. The molecule has 0 heterocycles. The van der Waals surface area contributed by atoms with Crippen LogP contribution in [0.1, 0.15) is 0 Å². The second-order valence-corrected chi connectivity index (χ2v) is 3.29. The Bertz CT molecular complexity index is 439. The quantitative estimate of drug-likeness (QED) is 0.361. The van der Waals surface area contributed by atoms with E-state index in [1.54, 1.807) is 24.3 Å². The number of primary amides is 1. The molecular formula is C10H10N2O3S. The van der Waals surface area contributed by atoms with E-state index in [4.69, 9.17) is 28.2 Å².